The average Bonchev–Trinajstić information content (AvgIpc) is 2.48. The molecule has 0 saturated heterocycles. The second kappa shape index (κ2) is 4.74. The van der Waals surface area contributed by atoms with Gasteiger partial charge in [0.2, 0.25) is 0 Å². The predicted octanol–water partition coefficient (Wildman–Crippen LogP) is 3.07. The fraction of sp³-hybridized carbons (Fsp3) is 0.0625. The molecule has 4 nitrogen and oxygen atoms in total. The Morgan fingerprint density at radius 3 is 2.65 bits per heavy atom. The molecule has 0 unspecified atom stereocenters. The molecule has 0 aliphatic rings. The highest BCUT2D eigenvalue weighted by Crippen LogP contribution is 2.29. The lowest BCUT2D eigenvalue weighted by Crippen LogP contribution is -1.94. The van der Waals surface area contributed by atoms with E-state index in [4.69, 9.17) is 16.2 Å². The number of hydrogen-bond acceptors (Lipinski definition) is 4. The molecular formula is C16H15N3O. The van der Waals surface area contributed by atoms with Crippen molar-refractivity contribution in [1.82, 2.24) is 4.98 Å². The first kappa shape index (κ1) is 12.3. The summed E-state index contributed by atoms with van der Waals surface area (Å²) in [6, 6.07) is 15.1. The van der Waals surface area contributed by atoms with Gasteiger partial charge in [-0.3, -0.25) is 0 Å². The van der Waals surface area contributed by atoms with E-state index in [1.54, 1.807) is 7.11 Å². The molecule has 2 aromatic carbocycles. The summed E-state index contributed by atoms with van der Waals surface area (Å²) in [6.45, 7) is 0. The maximum atomic E-state index is 6.11. The first-order valence-corrected chi connectivity index (χ1v) is 6.27. The van der Waals surface area contributed by atoms with Crippen LogP contribution in [0.25, 0.3) is 22.2 Å². The van der Waals surface area contributed by atoms with E-state index in [1.807, 2.05) is 48.5 Å². The van der Waals surface area contributed by atoms with Crippen molar-refractivity contribution in [3.63, 3.8) is 0 Å². The predicted molar refractivity (Wildman–Crippen MR) is 82.6 cm³/mol. The van der Waals surface area contributed by atoms with Crippen LogP contribution in [0.3, 0.4) is 0 Å². The van der Waals surface area contributed by atoms with Gasteiger partial charge in [-0.2, -0.15) is 0 Å². The van der Waals surface area contributed by atoms with Crippen molar-refractivity contribution in [1.29, 1.82) is 0 Å². The van der Waals surface area contributed by atoms with Gasteiger partial charge in [0.05, 0.1) is 18.3 Å². The van der Waals surface area contributed by atoms with E-state index >= 15 is 0 Å². The number of nitrogen functional groups attached to an aromatic ring is 2. The van der Waals surface area contributed by atoms with E-state index in [-0.39, 0.29) is 0 Å². The zero-order valence-corrected chi connectivity index (χ0v) is 11.1. The summed E-state index contributed by atoms with van der Waals surface area (Å²) in [4.78, 5) is 4.63. The number of rotatable bonds is 2. The molecule has 3 aromatic rings. The fourth-order valence-corrected chi connectivity index (χ4v) is 2.20. The van der Waals surface area contributed by atoms with Gasteiger partial charge in [-0.25, -0.2) is 4.98 Å². The van der Waals surface area contributed by atoms with Crippen LogP contribution in [0.2, 0.25) is 0 Å². The third-order valence-electron chi connectivity index (χ3n) is 3.23. The normalized spacial score (nSPS) is 10.7. The zero-order chi connectivity index (χ0) is 14.1. The van der Waals surface area contributed by atoms with Gasteiger partial charge < -0.3 is 16.2 Å². The monoisotopic (exact) mass is 265 g/mol. The molecule has 100 valence electrons. The molecule has 0 amide bonds. The molecule has 1 aromatic heterocycles. The molecule has 3 rings (SSSR count). The van der Waals surface area contributed by atoms with Crippen LogP contribution in [0.1, 0.15) is 0 Å². The molecule has 0 saturated carbocycles. The van der Waals surface area contributed by atoms with Gasteiger partial charge in [0.15, 0.2) is 0 Å². The standard InChI is InChI=1S/C16H15N3O/c1-20-12-4-2-3-10(7-12)16-9-14(18)13-8-11(17)5-6-15(13)19-16/h2-9H,17H2,1H3,(H2,18,19). The number of aromatic nitrogens is 1. The van der Waals surface area contributed by atoms with Crippen molar-refractivity contribution in [2.45, 2.75) is 0 Å². The number of hydrogen-bond donors (Lipinski definition) is 2. The van der Waals surface area contributed by atoms with Gasteiger partial charge in [0, 0.05) is 22.3 Å². The van der Waals surface area contributed by atoms with E-state index in [2.05, 4.69) is 4.98 Å². The van der Waals surface area contributed by atoms with Crippen molar-refractivity contribution in [3.05, 3.63) is 48.5 Å². The highest BCUT2D eigenvalue weighted by atomic mass is 16.5. The van der Waals surface area contributed by atoms with Crippen molar-refractivity contribution < 1.29 is 4.74 Å². The maximum absolute atomic E-state index is 6.11. The Morgan fingerprint density at radius 1 is 1.00 bits per heavy atom. The highest BCUT2D eigenvalue weighted by molar-refractivity contribution is 5.94. The zero-order valence-electron chi connectivity index (χ0n) is 11.1. The smallest absolute Gasteiger partial charge is 0.119 e. The number of fused-ring (bicyclic) bond motifs is 1. The van der Waals surface area contributed by atoms with Crippen LogP contribution in [0.4, 0.5) is 11.4 Å². The van der Waals surface area contributed by atoms with E-state index < -0.39 is 0 Å². The van der Waals surface area contributed by atoms with Gasteiger partial charge >= 0.3 is 0 Å². The average molecular weight is 265 g/mol. The second-order valence-corrected chi connectivity index (χ2v) is 4.61. The molecule has 0 aliphatic heterocycles. The summed E-state index contributed by atoms with van der Waals surface area (Å²) < 4.78 is 5.23. The molecule has 0 radical (unpaired) electrons. The van der Waals surface area contributed by atoms with E-state index in [1.165, 1.54) is 0 Å². The summed E-state index contributed by atoms with van der Waals surface area (Å²) in [5, 5.41) is 0.872. The number of anilines is 2. The molecule has 4 heteroatoms. The first-order valence-electron chi connectivity index (χ1n) is 6.27. The Bertz CT molecular complexity index is 784. The molecule has 20 heavy (non-hydrogen) atoms. The number of nitrogens with two attached hydrogens (primary N) is 2. The molecule has 0 aliphatic carbocycles. The minimum Gasteiger partial charge on any atom is -0.497 e. The van der Waals surface area contributed by atoms with Crippen molar-refractivity contribution >= 4 is 22.3 Å². The Hall–Kier alpha value is -2.75. The Morgan fingerprint density at radius 2 is 1.85 bits per heavy atom. The summed E-state index contributed by atoms with van der Waals surface area (Å²) in [6.07, 6.45) is 0. The molecule has 0 spiro atoms. The van der Waals surface area contributed by atoms with Crippen LogP contribution >= 0.6 is 0 Å². The van der Waals surface area contributed by atoms with Crippen LogP contribution in [0, 0.1) is 0 Å². The maximum Gasteiger partial charge on any atom is 0.119 e. The van der Waals surface area contributed by atoms with Gasteiger partial charge in [-0.05, 0) is 36.4 Å². The van der Waals surface area contributed by atoms with Crippen LogP contribution < -0.4 is 16.2 Å². The Balaban J connectivity index is 2.19. The minimum atomic E-state index is 0.667. The quantitative estimate of drug-likeness (QED) is 0.698. The highest BCUT2D eigenvalue weighted by Gasteiger charge is 2.06. The molecule has 0 atom stereocenters. The van der Waals surface area contributed by atoms with E-state index in [0.29, 0.717) is 11.4 Å². The lowest BCUT2D eigenvalue weighted by Gasteiger charge is -2.08. The van der Waals surface area contributed by atoms with E-state index in [0.717, 1.165) is 27.9 Å². The number of nitrogens with zero attached hydrogens (tertiary/aromatic N) is 1. The van der Waals surface area contributed by atoms with Gasteiger partial charge in [0.1, 0.15) is 5.75 Å². The third-order valence-corrected chi connectivity index (χ3v) is 3.23. The topological polar surface area (TPSA) is 74.2 Å². The number of methoxy groups -OCH3 is 1. The van der Waals surface area contributed by atoms with Crippen molar-refractivity contribution in [2.24, 2.45) is 0 Å². The number of benzene rings is 2. The number of pyridine rings is 1. The van der Waals surface area contributed by atoms with Crippen LogP contribution in [0.5, 0.6) is 5.75 Å². The summed E-state index contributed by atoms with van der Waals surface area (Å²) in [5.41, 5.74) is 15.9. The molecule has 4 N–H and O–H groups in total. The molecule has 0 fully saturated rings. The lowest BCUT2D eigenvalue weighted by atomic mass is 10.1. The SMILES string of the molecule is COc1cccc(-c2cc(N)c3cc(N)ccc3n2)c1. The Labute approximate surface area is 117 Å². The van der Waals surface area contributed by atoms with Crippen molar-refractivity contribution in [3.8, 4) is 17.0 Å². The van der Waals surface area contributed by atoms with Gasteiger partial charge in [-0.15, -0.1) is 0 Å². The van der Waals surface area contributed by atoms with E-state index in [9.17, 15) is 0 Å². The second-order valence-electron chi connectivity index (χ2n) is 4.61. The first-order chi connectivity index (χ1) is 9.67. The fourth-order valence-electron chi connectivity index (χ4n) is 2.20. The molecule has 0 bridgehead atoms. The number of ether oxygens (including phenoxy) is 1. The Kier molecular flexibility index (Phi) is 2.91. The van der Waals surface area contributed by atoms with Crippen LogP contribution in [0.15, 0.2) is 48.5 Å². The summed E-state index contributed by atoms with van der Waals surface area (Å²) in [7, 11) is 1.64. The summed E-state index contributed by atoms with van der Waals surface area (Å²) in [5.74, 6) is 0.792. The minimum absolute atomic E-state index is 0.667. The largest absolute Gasteiger partial charge is 0.497 e. The molecular weight excluding hydrogens is 250 g/mol. The van der Waals surface area contributed by atoms with Crippen LogP contribution in [-0.4, -0.2) is 12.1 Å². The molecule has 1 heterocycles. The van der Waals surface area contributed by atoms with Gasteiger partial charge in [-0.1, -0.05) is 12.1 Å². The third kappa shape index (κ3) is 2.12. The summed E-state index contributed by atoms with van der Waals surface area (Å²) >= 11 is 0. The lowest BCUT2D eigenvalue weighted by molar-refractivity contribution is 0.415. The van der Waals surface area contributed by atoms with Crippen LogP contribution in [-0.2, 0) is 0 Å². The van der Waals surface area contributed by atoms with Crippen molar-refractivity contribution in [2.75, 3.05) is 18.6 Å². The van der Waals surface area contributed by atoms with Gasteiger partial charge in [0.25, 0.3) is 0 Å².